The number of hydrogen-bond donors (Lipinski definition) is 0. The second kappa shape index (κ2) is 7.28. The van der Waals surface area contributed by atoms with Gasteiger partial charge in [0.15, 0.2) is 5.69 Å². The van der Waals surface area contributed by atoms with Crippen molar-refractivity contribution in [3.63, 3.8) is 0 Å². The van der Waals surface area contributed by atoms with Gasteiger partial charge < -0.3 is 4.90 Å². The molecule has 3 rings (SSSR count). The van der Waals surface area contributed by atoms with Gasteiger partial charge in [0.25, 0.3) is 5.91 Å². The second-order valence-electron chi connectivity index (χ2n) is 6.27. The maximum Gasteiger partial charge on any atom is 0.416 e. The number of piperazine rings is 1. The van der Waals surface area contributed by atoms with Crippen LogP contribution in [0.2, 0.25) is 5.02 Å². The third kappa shape index (κ3) is 4.19. The largest absolute Gasteiger partial charge is 0.416 e. The fourth-order valence-electron chi connectivity index (χ4n) is 2.97. The van der Waals surface area contributed by atoms with Crippen LogP contribution in [0.3, 0.4) is 0 Å². The Hall–Kier alpha value is -2.06. The molecule has 1 aliphatic heterocycles. The van der Waals surface area contributed by atoms with Gasteiger partial charge in [-0.3, -0.25) is 14.4 Å². The highest BCUT2D eigenvalue weighted by Gasteiger charge is 2.31. The predicted octanol–water partition coefficient (Wildman–Crippen LogP) is 3.05. The molecule has 0 N–H and O–H groups in total. The van der Waals surface area contributed by atoms with Crippen molar-refractivity contribution < 1.29 is 18.0 Å². The highest BCUT2D eigenvalue weighted by atomic mass is 35.5. The third-order valence-corrected chi connectivity index (χ3v) is 4.58. The van der Waals surface area contributed by atoms with E-state index in [-0.39, 0.29) is 11.6 Å². The lowest BCUT2D eigenvalue weighted by Crippen LogP contribution is -2.48. The molecule has 0 spiro atoms. The quantitative estimate of drug-likeness (QED) is 0.814. The summed E-state index contributed by atoms with van der Waals surface area (Å²) in [5, 5.41) is 4.39. The molecule has 5 nitrogen and oxygen atoms in total. The molecule has 2 aromatic rings. The van der Waals surface area contributed by atoms with E-state index in [2.05, 4.69) is 5.10 Å². The third-order valence-electron chi connectivity index (χ3n) is 4.31. The van der Waals surface area contributed by atoms with E-state index in [1.54, 1.807) is 24.2 Å². The van der Waals surface area contributed by atoms with Gasteiger partial charge in [0.1, 0.15) is 0 Å². The van der Waals surface area contributed by atoms with Crippen molar-refractivity contribution in [3.05, 3.63) is 52.3 Å². The molecular formula is C17H18ClF3N4O. The van der Waals surface area contributed by atoms with Crippen molar-refractivity contribution in [1.82, 2.24) is 19.6 Å². The van der Waals surface area contributed by atoms with Crippen LogP contribution in [0.15, 0.2) is 30.5 Å². The fraction of sp³-hybridized carbons (Fsp3) is 0.412. The average molecular weight is 387 g/mol. The van der Waals surface area contributed by atoms with Crippen LogP contribution < -0.4 is 0 Å². The molecule has 9 heteroatoms. The number of aromatic nitrogens is 2. The topological polar surface area (TPSA) is 41.4 Å². The van der Waals surface area contributed by atoms with Crippen LogP contribution in [0.4, 0.5) is 13.2 Å². The van der Waals surface area contributed by atoms with Crippen molar-refractivity contribution in [2.45, 2.75) is 12.7 Å². The van der Waals surface area contributed by atoms with Crippen molar-refractivity contribution in [1.29, 1.82) is 0 Å². The molecule has 0 atom stereocenters. The number of benzene rings is 1. The van der Waals surface area contributed by atoms with E-state index in [1.807, 2.05) is 4.90 Å². The molecule has 140 valence electrons. The summed E-state index contributed by atoms with van der Waals surface area (Å²) in [4.78, 5) is 16.2. The minimum Gasteiger partial charge on any atom is -0.335 e. The van der Waals surface area contributed by atoms with Crippen LogP contribution >= 0.6 is 11.6 Å². The molecule has 0 radical (unpaired) electrons. The minimum atomic E-state index is -4.34. The Morgan fingerprint density at radius 1 is 1.23 bits per heavy atom. The minimum absolute atomic E-state index is 0.223. The SMILES string of the molecule is Cn1cc(Cl)c(C(=O)N2CCN(Cc3cccc(C(F)(F)F)c3)CC2)n1. The van der Waals surface area contributed by atoms with Crippen LogP contribution in [0, 0.1) is 0 Å². The van der Waals surface area contributed by atoms with Crippen LogP contribution in [0.25, 0.3) is 0 Å². The number of alkyl halides is 3. The number of carbonyl (C=O) groups excluding carboxylic acids is 1. The van der Waals surface area contributed by atoms with E-state index >= 15 is 0 Å². The van der Waals surface area contributed by atoms with Gasteiger partial charge in [-0.15, -0.1) is 0 Å². The van der Waals surface area contributed by atoms with Crippen molar-refractivity contribution >= 4 is 17.5 Å². The fourth-order valence-corrected chi connectivity index (χ4v) is 3.23. The molecule has 2 heterocycles. The summed E-state index contributed by atoms with van der Waals surface area (Å²) in [6.07, 6.45) is -2.78. The number of amides is 1. The van der Waals surface area contributed by atoms with E-state index < -0.39 is 11.7 Å². The predicted molar refractivity (Wildman–Crippen MR) is 90.8 cm³/mol. The average Bonchev–Trinajstić information content (AvgIpc) is 2.93. The molecule has 0 unspecified atom stereocenters. The molecule has 1 aromatic carbocycles. The summed E-state index contributed by atoms with van der Waals surface area (Å²) in [5.74, 6) is -0.227. The zero-order valence-electron chi connectivity index (χ0n) is 14.1. The molecule has 26 heavy (non-hydrogen) atoms. The van der Waals surface area contributed by atoms with E-state index in [9.17, 15) is 18.0 Å². The Kier molecular flexibility index (Phi) is 5.24. The molecule has 1 aromatic heterocycles. The molecule has 0 saturated carbocycles. The Morgan fingerprint density at radius 3 is 2.50 bits per heavy atom. The van der Waals surface area contributed by atoms with Gasteiger partial charge in [0.2, 0.25) is 0 Å². The Bertz CT molecular complexity index is 798. The van der Waals surface area contributed by atoms with Crippen molar-refractivity contribution in [2.75, 3.05) is 26.2 Å². The van der Waals surface area contributed by atoms with Gasteiger partial charge in [0.05, 0.1) is 10.6 Å². The highest BCUT2D eigenvalue weighted by Crippen LogP contribution is 2.29. The summed E-state index contributed by atoms with van der Waals surface area (Å²) in [6, 6.07) is 5.34. The van der Waals surface area contributed by atoms with Crippen molar-refractivity contribution in [3.8, 4) is 0 Å². The van der Waals surface area contributed by atoms with E-state index in [1.165, 1.54) is 16.8 Å². The number of halogens is 4. The molecule has 1 fully saturated rings. The summed E-state index contributed by atoms with van der Waals surface area (Å²) >= 11 is 6.01. The second-order valence-corrected chi connectivity index (χ2v) is 6.67. The normalized spacial score (nSPS) is 16.1. The van der Waals surface area contributed by atoms with Crippen LogP contribution in [-0.2, 0) is 19.8 Å². The number of rotatable bonds is 3. The van der Waals surface area contributed by atoms with Gasteiger partial charge in [0, 0.05) is 46.0 Å². The van der Waals surface area contributed by atoms with Gasteiger partial charge in [-0.05, 0) is 11.6 Å². The van der Waals surface area contributed by atoms with Gasteiger partial charge >= 0.3 is 6.18 Å². The lowest BCUT2D eigenvalue weighted by molar-refractivity contribution is -0.137. The Balaban J connectivity index is 1.59. The van der Waals surface area contributed by atoms with Gasteiger partial charge in [-0.2, -0.15) is 18.3 Å². The standard InChI is InChI=1S/C17H18ClF3N4O/c1-23-11-14(18)15(22-23)16(26)25-7-5-24(6-8-25)10-12-3-2-4-13(9-12)17(19,20)21/h2-4,9,11H,5-8,10H2,1H3. The molecule has 1 aliphatic rings. The van der Waals surface area contributed by atoms with Crippen LogP contribution in [0.5, 0.6) is 0 Å². The molecule has 0 aliphatic carbocycles. The number of nitrogens with zero attached hydrogens (tertiary/aromatic N) is 4. The van der Waals surface area contributed by atoms with Crippen LogP contribution in [0.1, 0.15) is 21.6 Å². The van der Waals surface area contributed by atoms with Gasteiger partial charge in [-0.1, -0.05) is 29.8 Å². The van der Waals surface area contributed by atoms with Crippen molar-refractivity contribution in [2.24, 2.45) is 7.05 Å². The summed E-state index contributed by atoms with van der Waals surface area (Å²) < 4.78 is 39.9. The van der Waals surface area contributed by atoms with E-state index in [4.69, 9.17) is 11.6 Å². The van der Waals surface area contributed by atoms with E-state index in [0.717, 1.165) is 6.07 Å². The summed E-state index contributed by atoms with van der Waals surface area (Å²) in [6.45, 7) is 2.52. The first kappa shape index (κ1) is 18.7. The number of aryl methyl sites for hydroxylation is 1. The lowest BCUT2D eigenvalue weighted by atomic mass is 10.1. The Morgan fingerprint density at radius 2 is 1.92 bits per heavy atom. The monoisotopic (exact) mass is 386 g/mol. The van der Waals surface area contributed by atoms with Gasteiger partial charge in [-0.25, -0.2) is 0 Å². The molecule has 1 amide bonds. The summed E-state index contributed by atoms with van der Waals surface area (Å²) in [7, 11) is 1.69. The van der Waals surface area contributed by atoms with Crippen LogP contribution in [-0.4, -0.2) is 51.7 Å². The first-order valence-corrected chi connectivity index (χ1v) is 8.49. The zero-order chi connectivity index (χ0) is 18.9. The first-order valence-electron chi connectivity index (χ1n) is 8.11. The zero-order valence-corrected chi connectivity index (χ0v) is 14.9. The number of hydrogen-bond acceptors (Lipinski definition) is 3. The molecule has 1 saturated heterocycles. The summed E-state index contributed by atoms with van der Waals surface area (Å²) in [5.41, 5.74) is 0.182. The number of carbonyl (C=O) groups is 1. The lowest BCUT2D eigenvalue weighted by Gasteiger charge is -2.34. The van der Waals surface area contributed by atoms with E-state index in [0.29, 0.717) is 43.3 Å². The maximum atomic E-state index is 12.8. The highest BCUT2D eigenvalue weighted by molar-refractivity contribution is 6.33. The first-order chi connectivity index (χ1) is 12.2. The molecular weight excluding hydrogens is 369 g/mol. The smallest absolute Gasteiger partial charge is 0.335 e. The Labute approximate surface area is 153 Å². The maximum absolute atomic E-state index is 12.8. The molecule has 0 bridgehead atoms.